The van der Waals surface area contributed by atoms with Gasteiger partial charge in [-0.3, -0.25) is 20.0 Å². The fourth-order valence-electron chi connectivity index (χ4n) is 20.3. The number of carboxylic acids is 4. The van der Waals surface area contributed by atoms with Crippen LogP contribution in [-0.4, -0.2) is 108 Å². The number of nitriles is 4. The van der Waals surface area contributed by atoms with Crippen molar-refractivity contribution in [3.63, 3.8) is 0 Å². The number of hydrogen-bond donors (Lipinski definition) is 4. The molecule has 5 aliphatic heterocycles. The largest absolute Gasteiger partial charge is 0.496 e. The SMILES string of the molecule is CC(C)(CC#N)c1c(-c2ccc(C(=O)O)cc2)c2cc3c(cc2n1CC1CCOCC1)C=NC3.CC(C)(CC#N)c1c(-c2ccc(C(=O)O)cc2)c2cc3c(cc2n1Cc1ccccc1Cl)C=NC3.CC(C)(CC#N)c1c(-c2ccc(C(=O)O)cc2)c2cc3c(cc2n1Cc1cccs1)C=NC3.COc1ccccc1Cn1c(C(C)(C)CC#N)c(-c2ccc(C(=O)O)cc2)c2cc3c(cc21)C=NC3. The number of aliphatic imine (C=N–C) groups is 4. The number of ether oxygens (including phenoxy) is 2. The molecule has 1 saturated heterocycles. The van der Waals surface area contributed by atoms with Gasteiger partial charge >= 0.3 is 23.9 Å². The molecule has 1 fully saturated rings. The molecule has 5 aromatic heterocycles. The van der Waals surface area contributed by atoms with Gasteiger partial charge in [-0.25, -0.2) is 19.2 Å². The van der Waals surface area contributed by atoms with Crippen LogP contribution < -0.4 is 4.74 Å². The topological polar surface area (TPSA) is 332 Å². The first-order valence-electron chi connectivity index (χ1n) is 46.0. The van der Waals surface area contributed by atoms with Crippen molar-refractivity contribution in [3.05, 3.63) is 322 Å². The molecule has 10 aromatic carbocycles. The van der Waals surface area contributed by atoms with Gasteiger partial charge in [-0.2, -0.15) is 21.0 Å². The number of benzene rings is 10. The number of aromatic nitrogens is 4. The second-order valence-electron chi connectivity index (χ2n) is 38.4. The summed E-state index contributed by atoms with van der Waals surface area (Å²) in [6.07, 6.45) is 11.2. The quantitative estimate of drug-likeness (QED) is 0.0413. The molecule has 0 aliphatic carbocycles. The Bertz CT molecular complexity index is 7660. The van der Waals surface area contributed by atoms with E-state index in [1.807, 2.05) is 116 Å². The van der Waals surface area contributed by atoms with Crippen molar-refractivity contribution in [1.82, 2.24) is 18.3 Å². The van der Waals surface area contributed by atoms with Gasteiger partial charge in [-0.05, 0) is 212 Å². The smallest absolute Gasteiger partial charge is 0.335 e. The van der Waals surface area contributed by atoms with Crippen LogP contribution in [0.1, 0.15) is 219 Å². The first kappa shape index (κ1) is 94.4. The van der Waals surface area contributed by atoms with E-state index in [1.165, 1.54) is 16.0 Å². The van der Waals surface area contributed by atoms with Crippen LogP contribution in [0.5, 0.6) is 5.75 Å². The Labute approximate surface area is 809 Å². The molecule has 0 radical (unpaired) electrons. The summed E-state index contributed by atoms with van der Waals surface area (Å²) in [6.45, 7) is 23.7. The predicted molar refractivity (Wildman–Crippen MR) is 545 cm³/mol. The molecule has 4 N–H and O–H groups in total. The third kappa shape index (κ3) is 18.7. The number of halogens is 1. The van der Waals surface area contributed by atoms with E-state index in [9.17, 15) is 60.7 Å². The van der Waals surface area contributed by atoms with E-state index in [0.717, 1.165) is 194 Å². The van der Waals surface area contributed by atoms with Gasteiger partial charge in [0.15, 0.2) is 0 Å². The summed E-state index contributed by atoms with van der Waals surface area (Å²) >= 11 is 8.29. The van der Waals surface area contributed by atoms with E-state index < -0.39 is 45.5 Å². The van der Waals surface area contributed by atoms with E-state index >= 15 is 0 Å². The molecule has 0 atom stereocenters. The Hall–Kier alpha value is -15.4. The number of thiophene rings is 1. The lowest BCUT2D eigenvalue weighted by atomic mass is 9.81. The first-order chi connectivity index (χ1) is 66.4. The number of carboxylic acid groups (broad SMARTS) is 4. The summed E-state index contributed by atoms with van der Waals surface area (Å²) in [5.41, 5.74) is 27.0. The van der Waals surface area contributed by atoms with Gasteiger partial charge in [0.2, 0.25) is 0 Å². The van der Waals surface area contributed by atoms with Crippen molar-refractivity contribution < 1.29 is 49.1 Å². The summed E-state index contributed by atoms with van der Waals surface area (Å²) in [6, 6.07) is 75.2. The van der Waals surface area contributed by atoms with Crippen molar-refractivity contribution in [3.8, 4) is 74.5 Å². The molecule has 0 unspecified atom stereocenters. The minimum Gasteiger partial charge on any atom is -0.496 e. The number of rotatable bonds is 25. The zero-order valence-electron chi connectivity index (χ0n) is 78.3. The second kappa shape index (κ2) is 39.1. The lowest BCUT2D eigenvalue weighted by Gasteiger charge is -2.30. The van der Waals surface area contributed by atoms with Crippen molar-refractivity contribution in [1.29, 1.82) is 21.0 Å². The van der Waals surface area contributed by atoms with Crippen LogP contribution in [0.15, 0.2) is 232 Å². The van der Waals surface area contributed by atoms with Crippen LogP contribution in [-0.2, 0) is 78.8 Å². The highest BCUT2D eigenvalue weighted by molar-refractivity contribution is 7.09. The zero-order chi connectivity index (χ0) is 97.2. The number of para-hydroxylation sites is 1. The fourth-order valence-corrected chi connectivity index (χ4v) is 21.2. The van der Waals surface area contributed by atoms with E-state index in [0.29, 0.717) is 82.4 Å². The third-order valence-corrected chi connectivity index (χ3v) is 28.3. The maximum atomic E-state index is 11.5. The summed E-state index contributed by atoms with van der Waals surface area (Å²) in [7, 11) is 1.67. The number of fused-ring (bicyclic) bond motifs is 8. The highest BCUT2D eigenvalue weighted by atomic mass is 35.5. The van der Waals surface area contributed by atoms with Crippen LogP contribution in [0.3, 0.4) is 0 Å². The summed E-state index contributed by atoms with van der Waals surface area (Å²) in [5, 5.41) is 83.5. The Kier molecular flexibility index (Phi) is 26.8. The van der Waals surface area contributed by atoms with Crippen molar-refractivity contribution in [2.24, 2.45) is 25.9 Å². The predicted octanol–water partition coefficient (Wildman–Crippen LogP) is 24.8. The van der Waals surface area contributed by atoms with Gasteiger partial charge in [-0.1, -0.05) is 158 Å². The van der Waals surface area contributed by atoms with Gasteiger partial charge in [0.25, 0.3) is 0 Å². The third-order valence-electron chi connectivity index (χ3n) is 27.1. The second-order valence-corrected chi connectivity index (χ2v) is 39.8. The van der Waals surface area contributed by atoms with Gasteiger partial charge in [0.05, 0.1) is 92.9 Å². The Morgan fingerprint density at radius 2 is 0.710 bits per heavy atom. The van der Waals surface area contributed by atoms with Gasteiger partial charge in [-0.15, -0.1) is 11.3 Å². The first-order valence-corrected chi connectivity index (χ1v) is 47.2. The number of carbonyl (C=O) groups is 4. The highest BCUT2D eigenvalue weighted by Crippen LogP contribution is 2.51. The average molecular weight is 1870 g/mol. The molecule has 0 bridgehead atoms. The zero-order valence-corrected chi connectivity index (χ0v) is 79.9. The molecule has 0 saturated carbocycles. The summed E-state index contributed by atoms with van der Waals surface area (Å²) in [5.74, 6) is -2.49. The van der Waals surface area contributed by atoms with Crippen LogP contribution in [0.2, 0.25) is 5.02 Å². The average Bonchev–Trinajstić information content (AvgIpc) is 1.58. The van der Waals surface area contributed by atoms with Crippen molar-refractivity contribution >= 4 is 115 Å². The lowest BCUT2D eigenvalue weighted by Crippen LogP contribution is -2.26. The molecule has 10 heterocycles. The van der Waals surface area contributed by atoms with Crippen LogP contribution in [0.4, 0.5) is 0 Å². The summed E-state index contributed by atoms with van der Waals surface area (Å²) < 4.78 is 20.6. The number of methoxy groups -OCH3 is 1. The minimum absolute atomic E-state index is 0.237. The number of aromatic carboxylic acids is 4. The van der Waals surface area contributed by atoms with E-state index in [4.69, 9.17) is 21.1 Å². The molecule has 0 amide bonds. The van der Waals surface area contributed by atoms with E-state index in [-0.39, 0.29) is 22.3 Å². The molecule has 138 heavy (non-hydrogen) atoms. The van der Waals surface area contributed by atoms with Crippen molar-refractivity contribution in [2.75, 3.05) is 20.3 Å². The monoisotopic (exact) mass is 1870 g/mol. The van der Waals surface area contributed by atoms with Gasteiger partial charge in [0.1, 0.15) is 5.75 Å². The van der Waals surface area contributed by atoms with Crippen molar-refractivity contribution in [2.45, 2.75) is 168 Å². The van der Waals surface area contributed by atoms with Gasteiger partial charge in [0, 0.05) is 203 Å². The standard InChI is InChI=1S/C30H27N3O3.C29H24ClN3O2.C28H29N3O3.C27H23N3O2S/c1-30(2,12-13-31)28-27(19-8-10-20(11-9-19)29(34)35)24-14-22-16-32-17-23(22)15-25(24)33(28)18-21-6-4-5-7-26(21)36-3;1-29(2,11-12-31)27-26(18-7-9-19(10-8-18)28(34)35)23-13-21-15-32-16-22(21)14-25(23)33(27)17-20-5-3-4-6-24(20)30;1-28(2,9-10-29)26-25(19-3-5-20(6-4-19)27(32)33)23-13-21-15-30-16-22(21)14-24(23)31(26)17-18-7-11-34-12-8-18;1-27(2,9-10-28)25-24(17-5-7-18(8-6-17)26(31)32)22-12-19-14-29-15-20(19)13-23(22)30(25)16-21-4-3-11-33-21/h4-11,14-15,17H,12,16,18H2,1-3H3,(H,34,35);3-10,13-14,16H,11,15,17H2,1-2H3,(H,34,35);3-6,13-14,16,18H,7-9,11-12,15,17H2,1-2H3,(H,32,33);3-8,11-13,15H,9,14,16H2,1-2H3,(H,31,32). The molecule has 22 nitrogen and oxygen atoms in total. The molecule has 0 spiro atoms. The molecular weight excluding hydrogens is 1760 g/mol. The normalized spacial score (nSPS) is 13.5. The van der Waals surface area contributed by atoms with E-state index in [2.05, 4.69) is 190 Å². The molecular formula is C114H103ClN12O10S. The molecule has 20 rings (SSSR count). The van der Waals surface area contributed by atoms with Crippen LogP contribution >= 0.6 is 22.9 Å². The Balaban J connectivity index is 0.000000127. The van der Waals surface area contributed by atoms with Gasteiger partial charge < -0.3 is 48.2 Å². The summed E-state index contributed by atoms with van der Waals surface area (Å²) in [4.78, 5) is 65.0. The van der Waals surface area contributed by atoms with E-state index in [1.54, 1.807) is 67.0 Å². The lowest BCUT2D eigenvalue weighted by molar-refractivity contribution is 0.0611. The molecule has 5 aliphatic rings. The van der Waals surface area contributed by atoms with Crippen LogP contribution in [0.25, 0.3) is 88.1 Å². The maximum Gasteiger partial charge on any atom is 0.335 e. The Morgan fingerprint density at radius 3 is 1.02 bits per heavy atom. The molecule has 24 heteroatoms. The maximum absolute atomic E-state index is 11.5. The Morgan fingerprint density at radius 1 is 0.406 bits per heavy atom. The number of hydrogen-bond acceptors (Lipinski definition) is 15. The molecule has 692 valence electrons. The minimum atomic E-state index is -0.960. The van der Waals surface area contributed by atoms with Crippen LogP contribution in [0, 0.1) is 51.2 Å². The number of nitrogens with zero attached hydrogens (tertiary/aromatic N) is 12. The molecule has 15 aromatic rings. The fraction of sp³-hybridized carbons (Fsp3) is 0.263. The highest BCUT2D eigenvalue weighted by Gasteiger charge is 2.39.